The Balaban J connectivity index is 1.60. The molecular formula is C18H23ClN4O2S. The number of ether oxygens (including phenoxy) is 1. The third-order valence-corrected chi connectivity index (χ3v) is 5.36. The predicted octanol–water partition coefficient (Wildman–Crippen LogP) is 3.79. The van der Waals surface area contributed by atoms with E-state index in [-0.39, 0.29) is 17.8 Å². The average molecular weight is 395 g/mol. The summed E-state index contributed by atoms with van der Waals surface area (Å²) in [6, 6.07) is 7.06. The second-order valence-corrected chi connectivity index (χ2v) is 7.62. The SMILES string of the molecule is CCCc1nnc(SCC(=O)Nc2ccc(Cl)cc2)n1C[C@H]1CCCO1. The third kappa shape index (κ3) is 5.22. The minimum absolute atomic E-state index is 0.0824. The number of aromatic nitrogens is 3. The molecule has 1 aliphatic rings. The number of rotatable bonds is 8. The van der Waals surface area contributed by atoms with Crippen molar-refractivity contribution in [1.29, 1.82) is 0 Å². The molecule has 1 aromatic carbocycles. The van der Waals surface area contributed by atoms with E-state index in [1.807, 2.05) is 0 Å². The Bertz CT molecular complexity index is 729. The van der Waals surface area contributed by atoms with E-state index in [2.05, 4.69) is 27.0 Å². The minimum atomic E-state index is -0.0824. The quantitative estimate of drug-likeness (QED) is 0.690. The number of hydrogen-bond acceptors (Lipinski definition) is 5. The molecule has 0 aliphatic carbocycles. The van der Waals surface area contributed by atoms with Gasteiger partial charge in [-0.2, -0.15) is 0 Å². The van der Waals surface area contributed by atoms with Crippen LogP contribution in [0.1, 0.15) is 32.0 Å². The lowest BCUT2D eigenvalue weighted by Gasteiger charge is -2.14. The van der Waals surface area contributed by atoms with Gasteiger partial charge in [0.05, 0.1) is 18.4 Å². The molecule has 140 valence electrons. The third-order valence-electron chi connectivity index (χ3n) is 4.14. The van der Waals surface area contributed by atoms with Gasteiger partial charge in [0.2, 0.25) is 5.91 Å². The smallest absolute Gasteiger partial charge is 0.234 e. The molecule has 8 heteroatoms. The Morgan fingerprint density at radius 2 is 2.19 bits per heavy atom. The largest absolute Gasteiger partial charge is 0.376 e. The number of aryl methyl sites for hydroxylation is 1. The van der Waals surface area contributed by atoms with Crippen molar-refractivity contribution in [2.24, 2.45) is 0 Å². The summed E-state index contributed by atoms with van der Waals surface area (Å²) in [5, 5.41) is 12.9. The number of thioether (sulfide) groups is 1. The molecule has 26 heavy (non-hydrogen) atoms. The van der Waals surface area contributed by atoms with E-state index < -0.39 is 0 Å². The summed E-state index contributed by atoms with van der Waals surface area (Å²) in [5.41, 5.74) is 0.729. The first kappa shape index (κ1) is 19.2. The fraction of sp³-hybridized carbons (Fsp3) is 0.500. The number of carbonyl (C=O) groups is 1. The van der Waals surface area contributed by atoms with Gasteiger partial charge in [0.1, 0.15) is 5.82 Å². The maximum atomic E-state index is 12.2. The van der Waals surface area contributed by atoms with Gasteiger partial charge in [0, 0.05) is 23.7 Å². The standard InChI is InChI=1S/C18H23ClN4O2S/c1-2-4-16-21-22-18(23(16)11-15-5-3-10-25-15)26-12-17(24)20-14-8-6-13(19)7-9-14/h6-9,15H,2-5,10-12H2,1H3,(H,20,24)/t15-/m1/s1. The summed E-state index contributed by atoms with van der Waals surface area (Å²) in [6.07, 6.45) is 4.25. The van der Waals surface area contributed by atoms with E-state index in [0.717, 1.165) is 55.5 Å². The number of benzene rings is 1. The van der Waals surface area contributed by atoms with Gasteiger partial charge in [0.25, 0.3) is 0 Å². The van der Waals surface area contributed by atoms with Crippen molar-refractivity contribution in [1.82, 2.24) is 14.8 Å². The molecule has 1 aromatic heterocycles. The van der Waals surface area contributed by atoms with Crippen LogP contribution in [0.3, 0.4) is 0 Å². The number of anilines is 1. The van der Waals surface area contributed by atoms with Crippen LogP contribution in [0.5, 0.6) is 0 Å². The lowest BCUT2D eigenvalue weighted by atomic mass is 10.2. The highest BCUT2D eigenvalue weighted by Gasteiger charge is 2.21. The van der Waals surface area contributed by atoms with Crippen molar-refractivity contribution in [3.8, 4) is 0 Å². The minimum Gasteiger partial charge on any atom is -0.376 e. The molecule has 2 heterocycles. The Morgan fingerprint density at radius 1 is 1.38 bits per heavy atom. The Kier molecular flexibility index (Phi) is 6.93. The maximum Gasteiger partial charge on any atom is 0.234 e. The number of amides is 1. The van der Waals surface area contributed by atoms with Crippen LogP contribution in [0.4, 0.5) is 5.69 Å². The predicted molar refractivity (Wildman–Crippen MR) is 104 cm³/mol. The van der Waals surface area contributed by atoms with Crippen LogP contribution >= 0.6 is 23.4 Å². The van der Waals surface area contributed by atoms with Crippen LogP contribution in [0.25, 0.3) is 0 Å². The molecule has 1 amide bonds. The number of nitrogens with one attached hydrogen (secondary N) is 1. The molecule has 3 rings (SSSR count). The first-order valence-corrected chi connectivity index (χ1v) is 10.2. The molecule has 6 nitrogen and oxygen atoms in total. The molecule has 1 N–H and O–H groups in total. The lowest BCUT2D eigenvalue weighted by Crippen LogP contribution is -2.19. The first-order valence-electron chi connectivity index (χ1n) is 8.87. The second-order valence-electron chi connectivity index (χ2n) is 6.24. The lowest BCUT2D eigenvalue weighted by molar-refractivity contribution is -0.113. The van der Waals surface area contributed by atoms with Gasteiger partial charge in [-0.05, 0) is 43.5 Å². The van der Waals surface area contributed by atoms with Crippen LogP contribution in [-0.4, -0.2) is 39.1 Å². The molecule has 0 radical (unpaired) electrons. The number of hydrogen-bond donors (Lipinski definition) is 1. The van der Waals surface area contributed by atoms with E-state index in [4.69, 9.17) is 16.3 Å². The van der Waals surface area contributed by atoms with Crippen molar-refractivity contribution >= 4 is 35.0 Å². The van der Waals surface area contributed by atoms with Crippen molar-refractivity contribution in [2.75, 3.05) is 17.7 Å². The molecule has 1 aliphatic heterocycles. The first-order chi connectivity index (χ1) is 12.7. The molecule has 0 bridgehead atoms. The molecule has 0 saturated carbocycles. The summed E-state index contributed by atoms with van der Waals surface area (Å²) in [6.45, 7) is 3.70. The Hall–Kier alpha value is -1.57. The Labute approximate surface area is 162 Å². The van der Waals surface area contributed by atoms with Crippen LogP contribution in [0.15, 0.2) is 29.4 Å². The van der Waals surface area contributed by atoms with Gasteiger partial charge in [-0.25, -0.2) is 0 Å². The van der Waals surface area contributed by atoms with Crippen molar-refractivity contribution < 1.29 is 9.53 Å². The fourth-order valence-corrected chi connectivity index (χ4v) is 3.76. The molecular weight excluding hydrogens is 372 g/mol. The van der Waals surface area contributed by atoms with Crippen LogP contribution in [0.2, 0.25) is 5.02 Å². The van der Waals surface area contributed by atoms with Gasteiger partial charge in [0.15, 0.2) is 5.16 Å². The zero-order valence-corrected chi connectivity index (χ0v) is 16.4. The Morgan fingerprint density at radius 3 is 2.88 bits per heavy atom. The molecule has 2 aromatic rings. The summed E-state index contributed by atoms with van der Waals surface area (Å²) < 4.78 is 7.86. The molecule has 1 saturated heterocycles. The number of carbonyl (C=O) groups excluding carboxylic acids is 1. The summed E-state index contributed by atoms with van der Waals surface area (Å²) in [7, 11) is 0. The van der Waals surface area contributed by atoms with Gasteiger partial charge in [-0.3, -0.25) is 4.79 Å². The normalized spacial score (nSPS) is 16.8. The summed E-state index contributed by atoms with van der Waals surface area (Å²) in [4.78, 5) is 12.2. The topological polar surface area (TPSA) is 69.0 Å². The highest BCUT2D eigenvalue weighted by molar-refractivity contribution is 7.99. The zero-order chi connectivity index (χ0) is 18.4. The van der Waals surface area contributed by atoms with Crippen molar-refractivity contribution in [2.45, 2.75) is 50.4 Å². The van der Waals surface area contributed by atoms with Crippen LogP contribution in [-0.2, 0) is 22.5 Å². The van der Waals surface area contributed by atoms with Gasteiger partial charge in [-0.1, -0.05) is 30.3 Å². The zero-order valence-electron chi connectivity index (χ0n) is 14.8. The molecule has 1 atom stereocenters. The molecule has 0 unspecified atom stereocenters. The molecule has 0 spiro atoms. The van der Waals surface area contributed by atoms with E-state index >= 15 is 0 Å². The summed E-state index contributed by atoms with van der Waals surface area (Å²) in [5.74, 6) is 1.16. The van der Waals surface area contributed by atoms with Crippen molar-refractivity contribution in [3.05, 3.63) is 35.1 Å². The van der Waals surface area contributed by atoms with Gasteiger partial charge < -0.3 is 14.6 Å². The average Bonchev–Trinajstić information content (AvgIpc) is 3.27. The van der Waals surface area contributed by atoms with E-state index in [1.165, 1.54) is 11.8 Å². The number of nitrogens with zero attached hydrogens (tertiary/aromatic N) is 3. The van der Waals surface area contributed by atoms with Crippen LogP contribution < -0.4 is 5.32 Å². The highest BCUT2D eigenvalue weighted by Crippen LogP contribution is 2.22. The van der Waals surface area contributed by atoms with E-state index in [9.17, 15) is 4.79 Å². The van der Waals surface area contributed by atoms with Gasteiger partial charge in [-0.15, -0.1) is 10.2 Å². The highest BCUT2D eigenvalue weighted by atomic mass is 35.5. The summed E-state index contributed by atoms with van der Waals surface area (Å²) >= 11 is 7.26. The molecule has 1 fully saturated rings. The second kappa shape index (κ2) is 9.39. The number of halogens is 1. The van der Waals surface area contributed by atoms with E-state index in [1.54, 1.807) is 24.3 Å². The van der Waals surface area contributed by atoms with Crippen molar-refractivity contribution in [3.63, 3.8) is 0 Å². The maximum absolute atomic E-state index is 12.2. The fourth-order valence-electron chi connectivity index (χ4n) is 2.87. The van der Waals surface area contributed by atoms with Gasteiger partial charge >= 0.3 is 0 Å². The van der Waals surface area contributed by atoms with Crippen LogP contribution in [0, 0.1) is 0 Å². The van der Waals surface area contributed by atoms with E-state index in [0.29, 0.717) is 5.02 Å². The monoisotopic (exact) mass is 394 g/mol.